The number of benzene rings is 1. The first-order chi connectivity index (χ1) is 9.19. The van der Waals surface area contributed by atoms with E-state index in [0.717, 1.165) is 25.7 Å². The summed E-state index contributed by atoms with van der Waals surface area (Å²) in [5.74, 6) is 0.653. The van der Waals surface area contributed by atoms with Gasteiger partial charge in [0.05, 0.1) is 0 Å². The Labute approximate surface area is 119 Å². The third-order valence-electron chi connectivity index (χ3n) is 2.68. The molecule has 2 aromatic rings. The van der Waals surface area contributed by atoms with E-state index in [4.69, 9.17) is 10.3 Å². The third-order valence-corrected chi connectivity index (χ3v) is 3.14. The molecule has 2 rings (SSSR count). The number of aromatic nitrogens is 2. The fourth-order valence-corrected chi connectivity index (χ4v) is 2.22. The van der Waals surface area contributed by atoms with E-state index >= 15 is 0 Å². The van der Waals surface area contributed by atoms with Crippen LogP contribution in [0.1, 0.15) is 25.2 Å². The highest BCUT2D eigenvalue weighted by Gasteiger charge is 2.10. The molecule has 0 radical (unpaired) electrons. The van der Waals surface area contributed by atoms with Crippen molar-refractivity contribution in [1.82, 2.24) is 10.1 Å². The van der Waals surface area contributed by atoms with Gasteiger partial charge in [-0.25, -0.2) is 4.39 Å². The van der Waals surface area contributed by atoms with Gasteiger partial charge in [-0.1, -0.05) is 27.5 Å². The average molecular weight is 328 g/mol. The standard InChI is InChI=1S/C13H15BrFN3O/c14-10-6-9(7-11(15)8-10)13-17-12(19-18-13)4-2-1-3-5-16/h6-8H,1-5,16H2. The first kappa shape index (κ1) is 14.1. The quantitative estimate of drug-likeness (QED) is 0.826. The molecular weight excluding hydrogens is 313 g/mol. The van der Waals surface area contributed by atoms with Crippen LogP contribution in [-0.2, 0) is 6.42 Å². The summed E-state index contributed by atoms with van der Waals surface area (Å²) in [4.78, 5) is 4.26. The van der Waals surface area contributed by atoms with Crippen LogP contribution in [0.15, 0.2) is 27.2 Å². The molecule has 0 fully saturated rings. The van der Waals surface area contributed by atoms with Gasteiger partial charge in [0.15, 0.2) is 0 Å². The number of hydrogen-bond acceptors (Lipinski definition) is 4. The lowest BCUT2D eigenvalue weighted by molar-refractivity contribution is 0.374. The SMILES string of the molecule is NCCCCCc1nc(-c2cc(F)cc(Br)c2)no1. The molecule has 0 unspecified atom stereocenters. The van der Waals surface area contributed by atoms with Crippen LogP contribution >= 0.6 is 15.9 Å². The lowest BCUT2D eigenvalue weighted by Gasteiger charge is -1.96. The minimum absolute atomic E-state index is 0.335. The zero-order valence-electron chi connectivity index (χ0n) is 10.4. The molecular formula is C13H15BrFN3O. The van der Waals surface area contributed by atoms with Crippen LogP contribution in [0.5, 0.6) is 0 Å². The van der Waals surface area contributed by atoms with E-state index in [1.807, 2.05) is 0 Å². The number of hydrogen-bond donors (Lipinski definition) is 1. The van der Waals surface area contributed by atoms with Gasteiger partial charge in [-0.05, 0) is 37.6 Å². The fourth-order valence-electron chi connectivity index (χ4n) is 1.75. The molecule has 1 heterocycles. The Kier molecular flexibility index (Phi) is 5.04. The summed E-state index contributed by atoms with van der Waals surface area (Å²) in [6, 6.07) is 4.53. The molecule has 2 N–H and O–H groups in total. The predicted octanol–water partition coefficient (Wildman–Crippen LogP) is 3.31. The van der Waals surface area contributed by atoms with Crippen molar-refractivity contribution < 1.29 is 8.91 Å². The summed E-state index contributed by atoms with van der Waals surface area (Å²) in [7, 11) is 0. The summed E-state index contributed by atoms with van der Waals surface area (Å²) in [5, 5.41) is 3.87. The molecule has 0 aliphatic heterocycles. The fraction of sp³-hybridized carbons (Fsp3) is 0.385. The number of rotatable bonds is 6. The Morgan fingerprint density at radius 1 is 1.21 bits per heavy atom. The van der Waals surface area contributed by atoms with Gasteiger partial charge in [-0.3, -0.25) is 0 Å². The highest BCUT2D eigenvalue weighted by atomic mass is 79.9. The molecule has 0 amide bonds. The van der Waals surface area contributed by atoms with Crippen LogP contribution < -0.4 is 5.73 Å². The molecule has 1 aromatic carbocycles. The number of aryl methyl sites for hydroxylation is 1. The Hall–Kier alpha value is -1.27. The van der Waals surface area contributed by atoms with Gasteiger partial charge in [-0.15, -0.1) is 0 Å². The van der Waals surface area contributed by atoms with Crippen LogP contribution in [0, 0.1) is 5.82 Å². The smallest absolute Gasteiger partial charge is 0.226 e. The predicted molar refractivity (Wildman–Crippen MR) is 74.0 cm³/mol. The second-order valence-corrected chi connectivity index (χ2v) is 5.18. The largest absolute Gasteiger partial charge is 0.339 e. The molecule has 4 nitrogen and oxygen atoms in total. The first-order valence-corrected chi connectivity index (χ1v) is 6.97. The highest BCUT2D eigenvalue weighted by Crippen LogP contribution is 2.22. The van der Waals surface area contributed by atoms with Crippen LogP contribution in [0.2, 0.25) is 0 Å². The molecule has 0 atom stereocenters. The number of halogens is 2. The van der Waals surface area contributed by atoms with Gasteiger partial charge < -0.3 is 10.3 Å². The zero-order chi connectivity index (χ0) is 13.7. The van der Waals surface area contributed by atoms with Crippen molar-refractivity contribution in [2.24, 2.45) is 5.73 Å². The molecule has 1 aromatic heterocycles. The lowest BCUT2D eigenvalue weighted by atomic mass is 10.2. The van der Waals surface area contributed by atoms with E-state index in [-0.39, 0.29) is 5.82 Å². The van der Waals surface area contributed by atoms with Crippen molar-refractivity contribution in [3.05, 3.63) is 34.4 Å². The van der Waals surface area contributed by atoms with Crippen molar-refractivity contribution in [2.75, 3.05) is 6.54 Å². The van der Waals surface area contributed by atoms with E-state index < -0.39 is 0 Å². The van der Waals surface area contributed by atoms with Crippen molar-refractivity contribution >= 4 is 15.9 Å². The van der Waals surface area contributed by atoms with E-state index in [0.29, 0.717) is 28.3 Å². The Bertz CT molecular complexity index is 524. The second kappa shape index (κ2) is 6.77. The summed E-state index contributed by atoms with van der Waals surface area (Å²) in [5.41, 5.74) is 6.03. The molecule has 0 aliphatic carbocycles. The van der Waals surface area contributed by atoms with Gasteiger partial charge in [0.25, 0.3) is 0 Å². The van der Waals surface area contributed by atoms with Gasteiger partial charge in [0, 0.05) is 16.5 Å². The maximum Gasteiger partial charge on any atom is 0.226 e. The van der Waals surface area contributed by atoms with Gasteiger partial charge in [-0.2, -0.15) is 4.98 Å². The Morgan fingerprint density at radius 3 is 2.79 bits per heavy atom. The molecule has 0 saturated carbocycles. The Balaban J connectivity index is 2.03. The van der Waals surface area contributed by atoms with Crippen molar-refractivity contribution in [3.63, 3.8) is 0 Å². The van der Waals surface area contributed by atoms with Crippen LogP contribution in [-0.4, -0.2) is 16.7 Å². The van der Waals surface area contributed by atoms with Crippen molar-refractivity contribution in [3.8, 4) is 11.4 Å². The number of nitrogens with two attached hydrogens (primary N) is 1. The highest BCUT2D eigenvalue weighted by molar-refractivity contribution is 9.10. The average Bonchev–Trinajstić information content (AvgIpc) is 2.82. The molecule has 19 heavy (non-hydrogen) atoms. The zero-order valence-corrected chi connectivity index (χ0v) is 12.0. The molecule has 0 aliphatic rings. The monoisotopic (exact) mass is 327 g/mol. The molecule has 0 bridgehead atoms. The topological polar surface area (TPSA) is 64.9 Å². The number of unbranched alkanes of at least 4 members (excludes halogenated alkanes) is 2. The third kappa shape index (κ3) is 4.11. The minimum atomic E-state index is -0.335. The van der Waals surface area contributed by atoms with Gasteiger partial charge >= 0.3 is 0 Å². The lowest BCUT2D eigenvalue weighted by Crippen LogP contribution is -1.98. The maximum atomic E-state index is 13.3. The van der Waals surface area contributed by atoms with Gasteiger partial charge in [0.1, 0.15) is 5.82 Å². The summed E-state index contributed by atoms with van der Waals surface area (Å²) in [6.07, 6.45) is 3.73. The van der Waals surface area contributed by atoms with Crippen LogP contribution in [0.4, 0.5) is 4.39 Å². The second-order valence-electron chi connectivity index (χ2n) is 4.27. The normalized spacial score (nSPS) is 10.9. The summed E-state index contributed by atoms with van der Waals surface area (Å²) in [6.45, 7) is 0.701. The maximum absolute atomic E-state index is 13.3. The van der Waals surface area contributed by atoms with Crippen LogP contribution in [0.3, 0.4) is 0 Å². The van der Waals surface area contributed by atoms with E-state index in [1.165, 1.54) is 12.1 Å². The molecule has 6 heteroatoms. The van der Waals surface area contributed by atoms with E-state index in [1.54, 1.807) is 6.07 Å². The van der Waals surface area contributed by atoms with Crippen LogP contribution in [0.25, 0.3) is 11.4 Å². The van der Waals surface area contributed by atoms with Gasteiger partial charge in [0.2, 0.25) is 11.7 Å². The number of nitrogens with zero attached hydrogens (tertiary/aromatic N) is 2. The summed E-state index contributed by atoms with van der Waals surface area (Å²) < 4.78 is 19.1. The van der Waals surface area contributed by atoms with E-state index in [9.17, 15) is 4.39 Å². The first-order valence-electron chi connectivity index (χ1n) is 6.18. The summed E-state index contributed by atoms with van der Waals surface area (Å²) >= 11 is 3.24. The molecule has 0 spiro atoms. The van der Waals surface area contributed by atoms with E-state index in [2.05, 4.69) is 26.1 Å². The van der Waals surface area contributed by atoms with Crippen molar-refractivity contribution in [2.45, 2.75) is 25.7 Å². The molecule has 0 saturated heterocycles. The Morgan fingerprint density at radius 2 is 2.05 bits per heavy atom. The van der Waals surface area contributed by atoms with Crippen molar-refractivity contribution in [1.29, 1.82) is 0 Å². The minimum Gasteiger partial charge on any atom is -0.339 e. The molecule has 102 valence electrons.